The van der Waals surface area contributed by atoms with Crippen molar-refractivity contribution < 1.29 is 19.2 Å². The summed E-state index contributed by atoms with van der Waals surface area (Å²) in [4.78, 5) is 22.0. The monoisotopic (exact) mass is 310 g/mol. The van der Waals surface area contributed by atoms with Gasteiger partial charge in [-0.2, -0.15) is 5.10 Å². The fraction of sp³-hybridized carbons (Fsp3) is 0.364. The van der Waals surface area contributed by atoms with Gasteiger partial charge < -0.3 is 14.8 Å². The molecule has 0 aliphatic carbocycles. The molecule has 11 nitrogen and oxygen atoms in total. The molecule has 0 bridgehead atoms. The zero-order chi connectivity index (χ0) is 16.1. The molecule has 2 aromatic rings. The summed E-state index contributed by atoms with van der Waals surface area (Å²) in [5.74, 6) is -0.553. The molecule has 2 rings (SSSR count). The first kappa shape index (κ1) is 15.4. The van der Waals surface area contributed by atoms with Gasteiger partial charge in [0, 0.05) is 7.11 Å². The number of amides is 1. The lowest BCUT2D eigenvalue weighted by molar-refractivity contribution is -0.385. The number of ether oxygens (including phenoxy) is 2. The molecular formula is C11H14N6O5. The topological polar surface area (TPSA) is 126 Å². The lowest BCUT2D eigenvalue weighted by Crippen LogP contribution is -2.18. The van der Waals surface area contributed by atoms with Crippen LogP contribution in [0.5, 0.6) is 5.88 Å². The molecule has 2 heterocycles. The average molecular weight is 310 g/mol. The van der Waals surface area contributed by atoms with Gasteiger partial charge >= 0.3 is 11.6 Å². The third-order valence-corrected chi connectivity index (χ3v) is 2.58. The predicted octanol–water partition coefficient (Wildman–Crippen LogP) is 0.239. The molecule has 0 aliphatic heterocycles. The van der Waals surface area contributed by atoms with Crippen molar-refractivity contribution in [2.75, 3.05) is 19.5 Å². The van der Waals surface area contributed by atoms with Crippen molar-refractivity contribution in [2.24, 2.45) is 0 Å². The lowest BCUT2D eigenvalue weighted by atomic mass is 10.5. The van der Waals surface area contributed by atoms with E-state index in [-0.39, 0.29) is 24.8 Å². The minimum Gasteiger partial charge on any atom is -0.475 e. The van der Waals surface area contributed by atoms with Gasteiger partial charge in [-0.3, -0.25) is 19.6 Å². The van der Waals surface area contributed by atoms with Gasteiger partial charge in [-0.15, -0.1) is 5.10 Å². The van der Waals surface area contributed by atoms with Gasteiger partial charge in [0.1, 0.15) is 19.5 Å². The zero-order valence-electron chi connectivity index (χ0n) is 11.9. The molecule has 1 N–H and O–H groups in total. The van der Waals surface area contributed by atoms with Crippen LogP contribution >= 0.6 is 0 Å². The Morgan fingerprint density at radius 1 is 1.41 bits per heavy atom. The number of aromatic nitrogens is 4. The number of rotatable bonds is 7. The second kappa shape index (κ2) is 6.67. The van der Waals surface area contributed by atoms with Crippen LogP contribution in [0.3, 0.4) is 0 Å². The number of hydrogen-bond acceptors (Lipinski definition) is 7. The summed E-state index contributed by atoms with van der Waals surface area (Å²) < 4.78 is 12.3. The summed E-state index contributed by atoms with van der Waals surface area (Å²) >= 11 is 0. The molecule has 0 fully saturated rings. The van der Waals surface area contributed by atoms with E-state index in [1.54, 1.807) is 6.20 Å². The van der Waals surface area contributed by atoms with Crippen molar-refractivity contribution in [3.8, 4) is 5.88 Å². The van der Waals surface area contributed by atoms with E-state index in [4.69, 9.17) is 9.47 Å². The number of hydrogen-bond donors (Lipinski definition) is 1. The molecule has 0 aromatic carbocycles. The Hall–Kier alpha value is -2.95. The highest BCUT2D eigenvalue weighted by atomic mass is 16.6. The van der Waals surface area contributed by atoms with Crippen molar-refractivity contribution in [2.45, 2.75) is 13.3 Å². The summed E-state index contributed by atoms with van der Waals surface area (Å²) in [6.45, 7) is 0.0675. The first-order valence-electron chi connectivity index (χ1n) is 6.10. The first-order chi connectivity index (χ1) is 10.5. The summed E-state index contributed by atoms with van der Waals surface area (Å²) in [7, 11) is 2.79. The maximum Gasteiger partial charge on any atom is 0.350 e. The van der Waals surface area contributed by atoms with Gasteiger partial charge in [-0.25, -0.2) is 4.68 Å². The molecule has 2 aromatic heterocycles. The summed E-state index contributed by atoms with van der Waals surface area (Å²) in [5.41, 5.74) is 0.180. The molecular weight excluding hydrogens is 296 g/mol. The van der Waals surface area contributed by atoms with Crippen LogP contribution < -0.4 is 10.1 Å². The smallest absolute Gasteiger partial charge is 0.350 e. The van der Waals surface area contributed by atoms with E-state index < -0.39 is 10.8 Å². The number of methoxy groups -OCH3 is 2. The van der Waals surface area contributed by atoms with E-state index in [1.807, 2.05) is 0 Å². The third-order valence-electron chi connectivity index (χ3n) is 2.58. The van der Waals surface area contributed by atoms with Gasteiger partial charge in [0.25, 0.3) is 0 Å². The van der Waals surface area contributed by atoms with E-state index in [0.29, 0.717) is 5.69 Å². The third kappa shape index (κ3) is 3.58. The van der Waals surface area contributed by atoms with Gasteiger partial charge in [0.05, 0.1) is 30.1 Å². The maximum atomic E-state index is 11.9. The van der Waals surface area contributed by atoms with E-state index >= 15 is 0 Å². The van der Waals surface area contributed by atoms with Gasteiger partial charge in [-0.05, 0) is 0 Å². The van der Waals surface area contributed by atoms with Crippen LogP contribution in [-0.4, -0.2) is 44.6 Å². The van der Waals surface area contributed by atoms with Crippen LogP contribution in [0.4, 0.5) is 11.4 Å². The van der Waals surface area contributed by atoms with E-state index in [9.17, 15) is 14.9 Å². The fourth-order valence-electron chi connectivity index (χ4n) is 1.72. The highest BCUT2D eigenvalue weighted by molar-refractivity contribution is 5.90. The lowest BCUT2D eigenvalue weighted by Gasteiger charge is -2.02. The summed E-state index contributed by atoms with van der Waals surface area (Å²) in [6.07, 6.45) is 4.18. The second-order valence-corrected chi connectivity index (χ2v) is 4.21. The number of carbonyl (C=O) groups excluding carboxylic acids is 1. The zero-order valence-corrected chi connectivity index (χ0v) is 11.9. The van der Waals surface area contributed by atoms with Crippen LogP contribution in [0.2, 0.25) is 0 Å². The van der Waals surface area contributed by atoms with Gasteiger partial charge in [-0.1, -0.05) is 0 Å². The summed E-state index contributed by atoms with van der Waals surface area (Å²) in [5, 5.41) is 21.2. The van der Waals surface area contributed by atoms with Crippen LogP contribution in [0, 0.1) is 10.1 Å². The normalized spacial score (nSPS) is 10.5. The van der Waals surface area contributed by atoms with Crippen molar-refractivity contribution >= 4 is 17.3 Å². The highest BCUT2D eigenvalue weighted by Gasteiger charge is 2.21. The quantitative estimate of drug-likeness (QED) is 0.573. The van der Waals surface area contributed by atoms with Crippen LogP contribution in [-0.2, 0) is 22.8 Å². The molecule has 0 atom stereocenters. The predicted molar refractivity (Wildman–Crippen MR) is 73.3 cm³/mol. The number of nitrogens with zero attached hydrogens (tertiary/aromatic N) is 5. The van der Waals surface area contributed by atoms with Crippen LogP contribution in [0.1, 0.15) is 0 Å². The number of nitro groups is 1. The molecule has 0 radical (unpaired) electrons. The molecule has 0 spiro atoms. The highest BCUT2D eigenvalue weighted by Crippen LogP contribution is 2.23. The van der Waals surface area contributed by atoms with Crippen molar-refractivity contribution in [1.82, 2.24) is 19.6 Å². The molecule has 1 amide bonds. The first-order valence-corrected chi connectivity index (χ1v) is 6.10. The van der Waals surface area contributed by atoms with Gasteiger partial charge in [0.2, 0.25) is 5.91 Å². The van der Waals surface area contributed by atoms with E-state index in [1.165, 1.54) is 25.1 Å². The van der Waals surface area contributed by atoms with E-state index in [2.05, 4.69) is 15.5 Å². The Labute approximate surface area is 124 Å². The molecule has 0 unspecified atom stereocenters. The standard InChI is InChI=1S/C11H14N6O5/c1-21-7-16-4-8(3-12-16)13-10(18)6-15-5-9(17(19)20)11(14-15)22-2/h3-5H,6-7H2,1-2H3,(H,13,18). The average Bonchev–Trinajstić information content (AvgIpc) is 3.06. The number of anilines is 1. The molecule has 22 heavy (non-hydrogen) atoms. The van der Waals surface area contributed by atoms with Gasteiger partial charge in [0.15, 0.2) is 0 Å². The molecule has 0 saturated carbocycles. The van der Waals surface area contributed by atoms with Crippen molar-refractivity contribution in [3.05, 3.63) is 28.7 Å². The van der Waals surface area contributed by atoms with Crippen molar-refractivity contribution in [1.29, 1.82) is 0 Å². The molecule has 118 valence electrons. The molecule has 0 saturated heterocycles. The van der Waals surface area contributed by atoms with E-state index in [0.717, 1.165) is 10.9 Å². The fourth-order valence-corrected chi connectivity index (χ4v) is 1.72. The Bertz CT molecular complexity index is 678. The number of carbonyl (C=O) groups is 1. The second-order valence-electron chi connectivity index (χ2n) is 4.21. The van der Waals surface area contributed by atoms with Crippen molar-refractivity contribution in [3.63, 3.8) is 0 Å². The molecule has 11 heteroatoms. The Morgan fingerprint density at radius 3 is 2.77 bits per heavy atom. The largest absolute Gasteiger partial charge is 0.475 e. The Balaban J connectivity index is 2.00. The van der Waals surface area contributed by atoms with Crippen LogP contribution in [0.25, 0.3) is 0 Å². The molecule has 0 aliphatic rings. The Morgan fingerprint density at radius 2 is 2.18 bits per heavy atom. The minimum absolute atomic E-state index is 0.147. The number of nitrogens with one attached hydrogen (secondary N) is 1. The van der Waals surface area contributed by atoms with Crippen LogP contribution in [0.15, 0.2) is 18.6 Å². The summed E-state index contributed by atoms with van der Waals surface area (Å²) in [6, 6.07) is 0. The maximum absolute atomic E-state index is 11.9. The SMILES string of the molecule is COCn1cc(NC(=O)Cn2cc([N+](=O)[O-])c(OC)n2)cn1. The minimum atomic E-state index is -0.630. The Kier molecular flexibility index (Phi) is 4.68.